The van der Waals surface area contributed by atoms with Gasteiger partial charge in [0.15, 0.2) is 11.5 Å². The number of carbonyl (C=O) groups is 1. The Kier molecular flexibility index (Phi) is 4.68. The number of benzene rings is 1. The van der Waals surface area contributed by atoms with Gasteiger partial charge in [0.2, 0.25) is 12.7 Å². The van der Waals surface area contributed by atoms with Crippen molar-refractivity contribution in [2.75, 3.05) is 13.3 Å². The molecule has 102 valence electrons. The van der Waals surface area contributed by atoms with Gasteiger partial charge in [0.1, 0.15) is 0 Å². The number of amides is 1. The molecular weight excluding hydrogens is 266 g/mol. The topological polar surface area (TPSA) is 47.6 Å². The summed E-state index contributed by atoms with van der Waals surface area (Å²) in [6.45, 7) is 2.96. The fourth-order valence-corrected chi connectivity index (χ4v) is 1.98. The Labute approximate surface area is 117 Å². The van der Waals surface area contributed by atoms with Crippen LogP contribution in [0.5, 0.6) is 11.5 Å². The summed E-state index contributed by atoms with van der Waals surface area (Å²) in [6.07, 6.45) is 5.23. The largest absolute Gasteiger partial charge is 0.454 e. The maximum absolute atomic E-state index is 11.5. The average molecular weight is 282 g/mol. The highest BCUT2D eigenvalue weighted by atomic mass is 35.5. The maximum atomic E-state index is 11.5. The number of fused-ring (bicyclic) bond motifs is 1. The van der Waals surface area contributed by atoms with E-state index in [0.29, 0.717) is 23.1 Å². The van der Waals surface area contributed by atoms with E-state index in [1.165, 1.54) is 6.08 Å². The molecule has 1 aromatic rings. The summed E-state index contributed by atoms with van der Waals surface area (Å²) in [5.74, 6) is 1.06. The lowest BCUT2D eigenvalue weighted by Gasteiger charge is -2.02. The molecule has 0 aliphatic carbocycles. The first-order valence-corrected chi connectivity index (χ1v) is 6.63. The molecule has 1 amide bonds. The molecule has 0 aromatic heterocycles. The molecule has 5 heteroatoms. The fraction of sp³-hybridized carbons (Fsp3) is 0.357. The minimum atomic E-state index is -0.109. The second-order valence-electron chi connectivity index (χ2n) is 4.21. The Morgan fingerprint density at radius 1 is 1.47 bits per heavy atom. The van der Waals surface area contributed by atoms with Gasteiger partial charge in [-0.15, -0.1) is 0 Å². The van der Waals surface area contributed by atoms with Crippen LogP contribution in [-0.2, 0) is 4.79 Å². The van der Waals surface area contributed by atoms with Crippen LogP contribution in [0.3, 0.4) is 0 Å². The predicted octanol–water partition coefficient (Wildman–Crippen LogP) is 3.00. The zero-order valence-corrected chi connectivity index (χ0v) is 11.5. The van der Waals surface area contributed by atoms with E-state index in [9.17, 15) is 4.79 Å². The third-order valence-corrected chi connectivity index (χ3v) is 2.99. The Morgan fingerprint density at radius 2 is 2.32 bits per heavy atom. The summed E-state index contributed by atoms with van der Waals surface area (Å²) in [5.41, 5.74) is 0.805. The molecule has 1 aliphatic heterocycles. The molecule has 1 N–H and O–H groups in total. The highest BCUT2D eigenvalue weighted by molar-refractivity contribution is 6.32. The summed E-state index contributed by atoms with van der Waals surface area (Å²) in [4.78, 5) is 11.5. The van der Waals surface area contributed by atoms with Crippen LogP contribution in [0.25, 0.3) is 6.08 Å². The van der Waals surface area contributed by atoms with Crippen molar-refractivity contribution in [3.8, 4) is 11.5 Å². The lowest BCUT2D eigenvalue weighted by molar-refractivity contribution is -0.116. The van der Waals surface area contributed by atoms with Crippen LogP contribution in [-0.4, -0.2) is 19.2 Å². The number of rotatable bonds is 5. The number of halogens is 1. The molecule has 0 saturated carbocycles. The second kappa shape index (κ2) is 6.48. The molecule has 0 unspecified atom stereocenters. The van der Waals surface area contributed by atoms with Gasteiger partial charge in [0.25, 0.3) is 0 Å². The zero-order valence-electron chi connectivity index (χ0n) is 10.7. The van der Waals surface area contributed by atoms with Gasteiger partial charge in [-0.05, 0) is 30.2 Å². The molecule has 0 atom stereocenters. The molecule has 0 spiro atoms. The molecule has 2 rings (SSSR count). The third-order valence-electron chi connectivity index (χ3n) is 2.71. The summed E-state index contributed by atoms with van der Waals surface area (Å²) >= 11 is 6.05. The standard InChI is InChI=1S/C14H16ClNO3/c1-2-3-6-16-13(17)5-4-10-7-11(15)14-12(8-10)18-9-19-14/h4-5,7-8H,2-3,6,9H2,1H3,(H,16,17)/b5-4-. The van der Waals surface area contributed by atoms with Crippen molar-refractivity contribution in [3.05, 3.63) is 28.8 Å². The van der Waals surface area contributed by atoms with Gasteiger partial charge in [-0.1, -0.05) is 24.9 Å². The number of ether oxygens (including phenoxy) is 2. The van der Waals surface area contributed by atoms with E-state index in [2.05, 4.69) is 12.2 Å². The fourth-order valence-electron chi connectivity index (χ4n) is 1.70. The Balaban J connectivity index is 1.99. The van der Waals surface area contributed by atoms with Crippen LogP contribution in [0.2, 0.25) is 5.02 Å². The van der Waals surface area contributed by atoms with Crippen LogP contribution >= 0.6 is 11.6 Å². The molecule has 1 heterocycles. The van der Waals surface area contributed by atoms with Crippen molar-refractivity contribution < 1.29 is 14.3 Å². The number of carbonyl (C=O) groups excluding carboxylic acids is 1. The van der Waals surface area contributed by atoms with Crippen molar-refractivity contribution in [1.82, 2.24) is 5.32 Å². The van der Waals surface area contributed by atoms with E-state index in [1.807, 2.05) is 0 Å². The van der Waals surface area contributed by atoms with Gasteiger partial charge in [-0.3, -0.25) is 4.79 Å². The van der Waals surface area contributed by atoms with E-state index < -0.39 is 0 Å². The molecule has 19 heavy (non-hydrogen) atoms. The molecule has 0 radical (unpaired) electrons. The second-order valence-corrected chi connectivity index (χ2v) is 4.62. The highest BCUT2D eigenvalue weighted by Gasteiger charge is 2.17. The Bertz CT molecular complexity index is 500. The molecular formula is C14H16ClNO3. The molecule has 1 aliphatic rings. The van der Waals surface area contributed by atoms with Gasteiger partial charge >= 0.3 is 0 Å². The van der Waals surface area contributed by atoms with E-state index in [-0.39, 0.29) is 12.7 Å². The van der Waals surface area contributed by atoms with Crippen LogP contribution in [0, 0.1) is 0 Å². The minimum Gasteiger partial charge on any atom is -0.454 e. The summed E-state index contributed by atoms with van der Waals surface area (Å²) in [6, 6.07) is 3.54. The summed E-state index contributed by atoms with van der Waals surface area (Å²) < 4.78 is 10.5. The first kappa shape index (κ1) is 13.7. The zero-order chi connectivity index (χ0) is 13.7. The third kappa shape index (κ3) is 3.64. The summed E-state index contributed by atoms with van der Waals surface area (Å²) in [5, 5.41) is 3.29. The Morgan fingerprint density at radius 3 is 3.11 bits per heavy atom. The SMILES string of the molecule is CCCCNC(=O)/C=C\c1cc(Cl)c2c(c1)OCO2. The first-order chi connectivity index (χ1) is 9.20. The number of hydrogen-bond donors (Lipinski definition) is 1. The van der Waals surface area contributed by atoms with E-state index >= 15 is 0 Å². The molecule has 0 bridgehead atoms. The van der Waals surface area contributed by atoms with Crippen LogP contribution in [0.1, 0.15) is 25.3 Å². The van der Waals surface area contributed by atoms with Crippen molar-refractivity contribution in [1.29, 1.82) is 0 Å². The van der Waals surface area contributed by atoms with Gasteiger partial charge < -0.3 is 14.8 Å². The highest BCUT2D eigenvalue weighted by Crippen LogP contribution is 2.39. The normalized spacial score (nSPS) is 12.9. The van der Waals surface area contributed by atoms with Gasteiger partial charge in [0, 0.05) is 12.6 Å². The van der Waals surface area contributed by atoms with Crippen LogP contribution in [0.15, 0.2) is 18.2 Å². The van der Waals surface area contributed by atoms with E-state index in [1.54, 1.807) is 18.2 Å². The lowest BCUT2D eigenvalue weighted by Crippen LogP contribution is -2.21. The van der Waals surface area contributed by atoms with Crippen molar-refractivity contribution in [2.45, 2.75) is 19.8 Å². The van der Waals surface area contributed by atoms with Crippen molar-refractivity contribution >= 4 is 23.6 Å². The Hall–Kier alpha value is -1.68. The monoisotopic (exact) mass is 281 g/mol. The average Bonchev–Trinajstić information content (AvgIpc) is 2.85. The number of unbranched alkanes of at least 4 members (excludes halogenated alkanes) is 1. The van der Waals surface area contributed by atoms with E-state index in [4.69, 9.17) is 21.1 Å². The molecule has 1 aromatic carbocycles. The van der Waals surface area contributed by atoms with Gasteiger partial charge in [-0.2, -0.15) is 0 Å². The van der Waals surface area contributed by atoms with Gasteiger partial charge in [-0.25, -0.2) is 0 Å². The van der Waals surface area contributed by atoms with Gasteiger partial charge in [0.05, 0.1) is 5.02 Å². The smallest absolute Gasteiger partial charge is 0.243 e. The quantitative estimate of drug-likeness (QED) is 0.667. The number of nitrogens with one attached hydrogen (secondary N) is 1. The van der Waals surface area contributed by atoms with Crippen LogP contribution < -0.4 is 14.8 Å². The number of hydrogen-bond acceptors (Lipinski definition) is 3. The molecule has 0 fully saturated rings. The molecule has 4 nitrogen and oxygen atoms in total. The predicted molar refractivity (Wildman–Crippen MR) is 74.5 cm³/mol. The lowest BCUT2D eigenvalue weighted by atomic mass is 10.2. The van der Waals surface area contributed by atoms with E-state index in [0.717, 1.165) is 18.4 Å². The van der Waals surface area contributed by atoms with Crippen molar-refractivity contribution in [2.24, 2.45) is 0 Å². The van der Waals surface area contributed by atoms with Crippen molar-refractivity contribution in [3.63, 3.8) is 0 Å². The maximum Gasteiger partial charge on any atom is 0.243 e. The summed E-state index contributed by atoms with van der Waals surface area (Å²) in [7, 11) is 0. The van der Waals surface area contributed by atoms with Crippen LogP contribution in [0.4, 0.5) is 0 Å². The minimum absolute atomic E-state index is 0.109. The first-order valence-electron chi connectivity index (χ1n) is 6.25. The molecule has 0 saturated heterocycles.